The fourth-order valence-electron chi connectivity index (χ4n) is 4.92. The van der Waals surface area contributed by atoms with E-state index in [1.54, 1.807) is 23.0 Å². The van der Waals surface area contributed by atoms with Crippen LogP contribution >= 0.6 is 0 Å². The number of piperazine rings is 1. The summed E-state index contributed by atoms with van der Waals surface area (Å²) in [6, 6.07) is 9.72. The van der Waals surface area contributed by atoms with Gasteiger partial charge < -0.3 is 0 Å². The van der Waals surface area contributed by atoms with Gasteiger partial charge in [0, 0.05) is 42.9 Å². The molecule has 2 fully saturated rings. The Kier molecular flexibility index (Phi) is 6.71. The van der Waals surface area contributed by atoms with E-state index in [0.29, 0.717) is 19.6 Å². The van der Waals surface area contributed by atoms with Crippen molar-refractivity contribution in [2.45, 2.75) is 50.1 Å². The average molecular weight is 509 g/mol. The van der Waals surface area contributed by atoms with Crippen LogP contribution < -0.4 is 0 Å². The van der Waals surface area contributed by atoms with Gasteiger partial charge in [0.1, 0.15) is 5.82 Å². The number of hydrogen-bond acceptors (Lipinski definition) is 3. The number of nitrogens with zero attached hydrogens (tertiary/aromatic N) is 4. The Bertz CT molecular complexity index is 1220. The van der Waals surface area contributed by atoms with E-state index >= 15 is 0 Å². The second-order valence-electron chi connectivity index (χ2n) is 9.43. The number of aromatic nitrogens is 2. The van der Waals surface area contributed by atoms with Crippen molar-refractivity contribution < 1.29 is 21.8 Å². The molecule has 2 aliphatic rings. The summed E-state index contributed by atoms with van der Waals surface area (Å²) in [7, 11) is -1.11. The van der Waals surface area contributed by atoms with Crippen LogP contribution in [0.4, 0.5) is 17.6 Å². The fraction of sp³-hybridized carbons (Fsp3) is 0.480. The minimum atomic E-state index is -4.23. The fourth-order valence-corrected chi connectivity index (χ4v) is 6.63. The number of hydrogen-bond donors (Lipinski definition) is 0. The monoisotopic (exact) mass is 508 g/mol. The van der Waals surface area contributed by atoms with Gasteiger partial charge in [-0.1, -0.05) is 6.42 Å². The third-order valence-electron chi connectivity index (χ3n) is 7.11. The predicted octanol–water partition coefficient (Wildman–Crippen LogP) is 5.30. The highest BCUT2D eigenvalue weighted by atomic mass is 32.2. The van der Waals surface area contributed by atoms with Crippen molar-refractivity contribution in [3.63, 3.8) is 0 Å². The number of aryl methyl sites for hydroxylation is 1. The largest absolute Gasteiger partial charge is 0.390 e. The molecular formula is C25H28F4N4OS. The second-order valence-corrected chi connectivity index (χ2v) is 11.2. The molecule has 1 aliphatic carbocycles. The van der Waals surface area contributed by atoms with E-state index in [1.807, 2.05) is 28.3 Å². The molecule has 10 heteroatoms. The molecule has 0 amide bonds. The summed E-state index contributed by atoms with van der Waals surface area (Å²) in [4.78, 5) is 1.88. The summed E-state index contributed by atoms with van der Waals surface area (Å²) in [5.74, 6) is -0.330. The molecule has 2 aromatic carbocycles. The van der Waals surface area contributed by atoms with E-state index in [0.717, 1.165) is 47.0 Å². The molecule has 5 rings (SSSR count). The maximum atomic E-state index is 13.4. The van der Waals surface area contributed by atoms with Gasteiger partial charge in [-0.05, 0) is 67.3 Å². The standard InChI is InChI=1S/C25H28F4N4OS/c1-17-13-23-18(15-30-33(23)20-7-5-19(26)6-8-20)14-22(17)24-16-32(35(34)21-3-2-4-21)12-11-31(24)10-9-25(27,28)29/h5-8,13-15,21,24H,2-4,9-12,16H2,1H3. The van der Waals surface area contributed by atoms with Crippen molar-refractivity contribution in [1.82, 2.24) is 19.0 Å². The smallest absolute Gasteiger partial charge is 0.293 e. The number of fused-ring (bicyclic) bond motifs is 1. The lowest BCUT2D eigenvalue weighted by Gasteiger charge is -2.43. The molecule has 0 radical (unpaired) electrons. The highest BCUT2D eigenvalue weighted by molar-refractivity contribution is 7.83. The zero-order chi connectivity index (χ0) is 24.7. The number of benzene rings is 2. The molecule has 3 aromatic rings. The Balaban J connectivity index is 1.47. The molecule has 2 atom stereocenters. The topological polar surface area (TPSA) is 41.4 Å². The zero-order valence-electron chi connectivity index (χ0n) is 19.5. The summed E-state index contributed by atoms with van der Waals surface area (Å²) in [5, 5.41) is 5.48. The van der Waals surface area contributed by atoms with E-state index in [4.69, 9.17) is 0 Å². The zero-order valence-corrected chi connectivity index (χ0v) is 20.3. The minimum absolute atomic E-state index is 0.0929. The first-order valence-electron chi connectivity index (χ1n) is 11.9. The van der Waals surface area contributed by atoms with Gasteiger partial charge >= 0.3 is 6.18 Å². The summed E-state index contributed by atoms with van der Waals surface area (Å²) in [5.41, 5.74) is 3.42. The average Bonchev–Trinajstić information content (AvgIpc) is 3.18. The van der Waals surface area contributed by atoms with Crippen molar-refractivity contribution in [2.24, 2.45) is 0 Å². The van der Waals surface area contributed by atoms with Crippen LogP contribution in [0, 0.1) is 12.7 Å². The van der Waals surface area contributed by atoms with Gasteiger partial charge in [0.2, 0.25) is 0 Å². The summed E-state index contributed by atoms with van der Waals surface area (Å²) in [6.45, 7) is 3.22. The van der Waals surface area contributed by atoms with Gasteiger partial charge in [-0.15, -0.1) is 0 Å². The SMILES string of the molecule is Cc1cc2c(cnn2-c2ccc(F)cc2)cc1C1CN(S(=O)C2CCC2)CCN1CCC(F)(F)F. The maximum Gasteiger partial charge on any atom is 0.390 e. The van der Waals surface area contributed by atoms with E-state index in [2.05, 4.69) is 5.10 Å². The summed E-state index contributed by atoms with van der Waals surface area (Å²) in [6.07, 6.45) is -0.420. The molecule has 35 heavy (non-hydrogen) atoms. The van der Waals surface area contributed by atoms with Crippen LogP contribution in [0.3, 0.4) is 0 Å². The Morgan fingerprint density at radius 3 is 2.51 bits per heavy atom. The van der Waals surface area contributed by atoms with Gasteiger partial charge in [-0.3, -0.25) is 4.90 Å². The molecule has 0 bridgehead atoms. The lowest BCUT2D eigenvalue weighted by Crippen LogP contribution is -2.51. The number of rotatable bonds is 6. The van der Waals surface area contributed by atoms with Crippen molar-refractivity contribution in [2.75, 3.05) is 26.2 Å². The van der Waals surface area contributed by atoms with Gasteiger partial charge in [-0.2, -0.15) is 18.3 Å². The first-order chi connectivity index (χ1) is 16.7. The Labute approximate surface area is 204 Å². The van der Waals surface area contributed by atoms with Crippen molar-refractivity contribution in [1.29, 1.82) is 0 Å². The van der Waals surface area contributed by atoms with Crippen molar-refractivity contribution >= 4 is 21.9 Å². The molecule has 2 heterocycles. The van der Waals surface area contributed by atoms with Crippen LogP contribution in [0.5, 0.6) is 0 Å². The highest BCUT2D eigenvalue weighted by Crippen LogP contribution is 2.35. The number of halogens is 4. The van der Waals surface area contributed by atoms with E-state index in [1.165, 1.54) is 12.1 Å². The van der Waals surface area contributed by atoms with E-state index < -0.39 is 23.6 Å². The van der Waals surface area contributed by atoms with Gasteiger partial charge in [0.15, 0.2) is 0 Å². The Hall–Kier alpha value is -2.30. The molecule has 0 spiro atoms. The van der Waals surface area contributed by atoms with Gasteiger partial charge in [0.05, 0.1) is 34.8 Å². The third kappa shape index (κ3) is 5.15. The third-order valence-corrected chi connectivity index (χ3v) is 9.00. The van der Waals surface area contributed by atoms with Gasteiger partial charge in [-0.25, -0.2) is 17.6 Å². The lowest BCUT2D eigenvalue weighted by molar-refractivity contribution is -0.140. The van der Waals surface area contributed by atoms with Crippen LogP contribution in [0.1, 0.15) is 42.9 Å². The molecule has 1 aliphatic heterocycles. The minimum Gasteiger partial charge on any atom is -0.293 e. The molecule has 5 nitrogen and oxygen atoms in total. The first kappa shape index (κ1) is 24.4. The van der Waals surface area contributed by atoms with Crippen LogP contribution in [-0.4, -0.2) is 60.8 Å². The second kappa shape index (κ2) is 9.63. The van der Waals surface area contributed by atoms with Crippen LogP contribution in [-0.2, 0) is 11.0 Å². The Morgan fingerprint density at radius 1 is 1.11 bits per heavy atom. The van der Waals surface area contributed by atoms with Crippen LogP contribution in [0.15, 0.2) is 42.6 Å². The van der Waals surface area contributed by atoms with Crippen LogP contribution in [0.25, 0.3) is 16.6 Å². The summed E-state index contributed by atoms with van der Waals surface area (Å²) < 4.78 is 69.3. The molecule has 188 valence electrons. The predicted molar refractivity (Wildman–Crippen MR) is 128 cm³/mol. The normalized spacial score (nSPS) is 21.3. The van der Waals surface area contributed by atoms with Crippen molar-refractivity contribution in [3.8, 4) is 5.69 Å². The lowest BCUT2D eigenvalue weighted by atomic mass is 9.96. The molecular weight excluding hydrogens is 480 g/mol. The molecule has 2 unspecified atom stereocenters. The highest BCUT2D eigenvalue weighted by Gasteiger charge is 2.37. The molecule has 1 aromatic heterocycles. The van der Waals surface area contributed by atoms with Gasteiger partial charge in [0.25, 0.3) is 0 Å². The molecule has 1 saturated heterocycles. The number of alkyl halides is 3. The molecule has 1 saturated carbocycles. The van der Waals surface area contributed by atoms with Crippen LogP contribution in [0.2, 0.25) is 0 Å². The van der Waals surface area contributed by atoms with Crippen molar-refractivity contribution in [3.05, 3.63) is 59.5 Å². The maximum absolute atomic E-state index is 13.4. The Morgan fingerprint density at radius 2 is 1.86 bits per heavy atom. The first-order valence-corrected chi connectivity index (χ1v) is 13.1. The quantitative estimate of drug-likeness (QED) is 0.425. The summed E-state index contributed by atoms with van der Waals surface area (Å²) >= 11 is 0. The van der Waals surface area contributed by atoms with E-state index in [9.17, 15) is 21.8 Å². The molecule has 0 N–H and O–H groups in total. The van der Waals surface area contributed by atoms with E-state index in [-0.39, 0.29) is 23.7 Å².